The van der Waals surface area contributed by atoms with Crippen molar-refractivity contribution in [1.29, 1.82) is 0 Å². The lowest BCUT2D eigenvalue weighted by Crippen LogP contribution is -2.05. The van der Waals surface area contributed by atoms with Gasteiger partial charge in [-0.25, -0.2) is 0 Å². The van der Waals surface area contributed by atoms with Crippen LogP contribution in [0.2, 0.25) is 5.02 Å². The Morgan fingerprint density at radius 1 is 0.968 bits per heavy atom. The molecule has 0 bridgehead atoms. The minimum Gasteiger partial charge on any atom is -0.424 e. The van der Waals surface area contributed by atoms with Crippen molar-refractivity contribution in [3.05, 3.63) is 77.0 Å². The SMILES string of the molecule is COCCCn1c(SCc2nnc(Cc3ccccc3)o2)nnc1-c1ccccc1Cl. The topological polar surface area (TPSA) is 78.9 Å². The van der Waals surface area contributed by atoms with Crippen LogP contribution in [0, 0.1) is 0 Å². The van der Waals surface area contributed by atoms with Gasteiger partial charge in [-0.1, -0.05) is 65.8 Å². The number of nitrogens with zero attached hydrogens (tertiary/aromatic N) is 5. The quantitative estimate of drug-likeness (QED) is 0.248. The van der Waals surface area contributed by atoms with E-state index in [1.54, 1.807) is 7.11 Å². The lowest BCUT2D eigenvalue weighted by Gasteiger charge is -2.10. The molecule has 2 aromatic heterocycles. The van der Waals surface area contributed by atoms with Crippen molar-refractivity contribution in [3.8, 4) is 11.4 Å². The number of rotatable bonds is 10. The third-order valence-electron chi connectivity index (χ3n) is 4.59. The Hall–Kier alpha value is -2.68. The first-order chi connectivity index (χ1) is 15.2. The van der Waals surface area contributed by atoms with E-state index in [4.69, 9.17) is 20.8 Å². The van der Waals surface area contributed by atoms with Gasteiger partial charge in [0.25, 0.3) is 0 Å². The molecule has 0 aliphatic heterocycles. The predicted molar refractivity (Wildman–Crippen MR) is 120 cm³/mol. The molecule has 2 aromatic carbocycles. The zero-order valence-electron chi connectivity index (χ0n) is 17.1. The van der Waals surface area contributed by atoms with Crippen molar-refractivity contribution >= 4 is 23.4 Å². The van der Waals surface area contributed by atoms with Crippen molar-refractivity contribution in [2.75, 3.05) is 13.7 Å². The lowest BCUT2D eigenvalue weighted by molar-refractivity contribution is 0.189. The molecule has 0 spiro atoms. The van der Waals surface area contributed by atoms with Crippen molar-refractivity contribution < 1.29 is 9.15 Å². The smallest absolute Gasteiger partial charge is 0.226 e. The van der Waals surface area contributed by atoms with Gasteiger partial charge in [-0.05, 0) is 24.1 Å². The van der Waals surface area contributed by atoms with Crippen LogP contribution in [0.25, 0.3) is 11.4 Å². The molecule has 4 rings (SSSR count). The van der Waals surface area contributed by atoms with Crippen LogP contribution in [0.5, 0.6) is 0 Å². The summed E-state index contributed by atoms with van der Waals surface area (Å²) in [5.41, 5.74) is 1.98. The van der Waals surface area contributed by atoms with Crippen LogP contribution in [0.1, 0.15) is 23.8 Å². The average molecular weight is 456 g/mol. The minimum atomic E-state index is 0.507. The van der Waals surface area contributed by atoms with Gasteiger partial charge in [-0.15, -0.1) is 20.4 Å². The van der Waals surface area contributed by atoms with E-state index in [9.17, 15) is 0 Å². The monoisotopic (exact) mass is 455 g/mol. The summed E-state index contributed by atoms with van der Waals surface area (Å²) in [6.07, 6.45) is 1.45. The number of methoxy groups -OCH3 is 1. The molecule has 0 amide bonds. The molecule has 0 fully saturated rings. The minimum absolute atomic E-state index is 0.507. The maximum absolute atomic E-state index is 6.40. The standard InChI is InChI=1S/C22H22ClN5O2S/c1-29-13-7-12-28-21(17-10-5-6-11-18(17)23)26-27-22(28)31-15-20-25-24-19(30-20)14-16-8-3-2-4-9-16/h2-6,8-11H,7,12-15H2,1H3. The van der Waals surface area contributed by atoms with Gasteiger partial charge in [-0.3, -0.25) is 0 Å². The Morgan fingerprint density at radius 2 is 1.74 bits per heavy atom. The summed E-state index contributed by atoms with van der Waals surface area (Å²) in [7, 11) is 1.69. The molecule has 9 heteroatoms. The molecule has 0 atom stereocenters. The molecule has 0 saturated heterocycles. The molecule has 0 N–H and O–H groups in total. The van der Waals surface area contributed by atoms with Gasteiger partial charge < -0.3 is 13.7 Å². The number of ether oxygens (including phenoxy) is 1. The molecule has 160 valence electrons. The van der Waals surface area contributed by atoms with E-state index in [1.807, 2.05) is 54.6 Å². The summed E-state index contributed by atoms with van der Waals surface area (Å²) in [4.78, 5) is 0. The zero-order valence-corrected chi connectivity index (χ0v) is 18.6. The maximum atomic E-state index is 6.40. The Labute approximate surface area is 189 Å². The highest BCUT2D eigenvalue weighted by atomic mass is 35.5. The van der Waals surface area contributed by atoms with Gasteiger partial charge in [0.15, 0.2) is 11.0 Å². The fraction of sp³-hybridized carbons (Fsp3) is 0.273. The van der Waals surface area contributed by atoms with E-state index in [0.717, 1.165) is 28.5 Å². The summed E-state index contributed by atoms with van der Waals surface area (Å²) < 4.78 is 13.1. The van der Waals surface area contributed by atoms with Gasteiger partial charge >= 0.3 is 0 Å². The number of aromatic nitrogens is 5. The molecule has 0 radical (unpaired) electrons. The molecule has 0 aliphatic carbocycles. The second kappa shape index (κ2) is 10.6. The van der Waals surface area contributed by atoms with Crippen LogP contribution in [-0.2, 0) is 23.5 Å². The largest absolute Gasteiger partial charge is 0.424 e. The van der Waals surface area contributed by atoms with E-state index in [0.29, 0.717) is 42.1 Å². The summed E-state index contributed by atoms with van der Waals surface area (Å²) in [6, 6.07) is 17.7. The highest BCUT2D eigenvalue weighted by Gasteiger charge is 2.17. The third kappa shape index (κ3) is 5.52. The molecular weight excluding hydrogens is 434 g/mol. The average Bonchev–Trinajstić information content (AvgIpc) is 3.40. The Bertz CT molecular complexity index is 1120. The zero-order chi connectivity index (χ0) is 21.5. The normalized spacial score (nSPS) is 11.2. The number of thioether (sulfide) groups is 1. The number of benzene rings is 2. The number of hydrogen-bond acceptors (Lipinski definition) is 7. The van der Waals surface area contributed by atoms with Gasteiger partial charge in [0.2, 0.25) is 11.8 Å². The Balaban J connectivity index is 1.48. The second-order valence-electron chi connectivity index (χ2n) is 6.82. The molecule has 0 aliphatic rings. The molecule has 31 heavy (non-hydrogen) atoms. The van der Waals surface area contributed by atoms with Gasteiger partial charge in [0.1, 0.15) is 0 Å². The van der Waals surface area contributed by atoms with Crippen LogP contribution >= 0.6 is 23.4 Å². The first-order valence-electron chi connectivity index (χ1n) is 9.89. The molecule has 0 unspecified atom stereocenters. The maximum Gasteiger partial charge on any atom is 0.226 e. The molecule has 7 nitrogen and oxygen atoms in total. The summed E-state index contributed by atoms with van der Waals surface area (Å²) in [5.74, 6) is 2.40. The third-order valence-corrected chi connectivity index (χ3v) is 5.87. The van der Waals surface area contributed by atoms with E-state index >= 15 is 0 Å². The molecule has 0 saturated carbocycles. The molecular formula is C22H22ClN5O2S. The Kier molecular flexibility index (Phi) is 7.35. The van der Waals surface area contributed by atoms with E-state index < -0.39 is 0 Å². The fourth-order valence-corrected chi connectivity index (χ4v) is 4.14. The lowest BCUT2D eigenvalue weighted by atomic mass is 10.2. The van der Waals surface area contributed by atoms with E-state index in [-0.39, 0.29) is 0 Å². The van der Waals surface area contributed by atoms with Gasteiger partial charge in [0, 0.05) is 25.8 Å². The highest BCUT2D eigenvalue weighted by Crippen LogP contribution is 2.30. The summed E-state index contributed by atoms with van der Waals surface area (Å²) >= 11 is 7.91. The van der Waals surface area contributed by atoms with Crippen LogP contribution in [0.15, 0.2) is 64.2 Å². The van der Waals surface area contributed by atoms with Crippen molar-refractivity contribution in [1.82, 2.24) is 25.0 Å². The van der Waals surface area contributed by atoms with Gasteiger partial charge in [-0.2, -0.15) is 0 Å². The summed E-state index contributed by atoms with van der Waals surface area (Å²) in [6.45, 7) is 1.36. The van der Waals surface area contributed by atoms with E-state index in [1.165, 1.54) is 11.8 Å². The summed E-state index contributed by atoms with van der Waals surface area (Å²) in [5, 5.41) is 18.5. The van der Waals surface area contributed by atoms with Gasteiger partial charge in [0.05, 0.1) is 17.2 Å². The number of halogens is 1. The van der Waals surface area contributed by atoms with Crippen molar-refractivity contribution in [3.63, 3.8) is 0 Å². The highest BCUT2D eigenvalue weighted by molar-refractivity contribution is 7.98. The second-order valence-corrected chi connectivity index (χ2v) is 8.17. The predicted octanol–water partition coefficient (Wildman–Crippen LogP) is 4.90. The van der Waals surface area contributed by atoms with Crippen LogP contribution < -0.4 is 0 Å². The van der Waals surface area contributed by atoms with Crippen molar-refractivity contribution in [2.24, 2.45) is 0 Å². The first-order valence-corrected chi connectivity index (χ1v) is 11.3. The fourth-order valence-electron chi connectivity index (χ4n) is 3.12. The van der Waals surface area contributed by atoms with Crippen LogP contribution in [0.4, 0.5) is 0 Å². The Morgan fingerprint density at radius 3 is 2.55 bits per heavy atom. The van der Waals surface area contributed by atoms with Crippen molar-refractivity contribution in [2.45, 2.75) is 30.3 Å². The molecule has 2 heterocycles. The van der Waals surface area contributed by atoms with Crippen LogP contribution in [-0.4, -0.2) is 38.7 Å². The molecule has 4 aromatic rings. The first kappa shape index (κ1) is 21.5. The van der Waals surface area contributed by atoms with E-state index in [2.05, 4.69) is 25.0 Å². The number of hydrogen-bond donors (Lipinski definition) is 0. The van der Waals surface area contributed by atoms with Crippen LogP contribution in [0.3, 0.4) is 0 Å².